The van der Waals surface area contributed by atoms with Crippen molar-refractivity contribution in [3.63, 3.8) is 0 Å². The zero-order chi connectivity index (χ0) is 52.2. The lowest BCUT2D eigenvalue weighted by Gasteiger charge is -2.35. The molecule has 0 unspecified atom stereocenters. The van der Waals surface area contributed by atoms with E-state index in [1.54, 1.807) is 17.5 Å². The molecule has 2 aromatic heterocycles. The van der Waals surface area contributed by atoms with E-state index in [4.69, 9.17) is 18.9 Å². The van der Waals surface area contributed by atoms with Crippen molar-refractivity contribution in [3.05, 3.63) is 76.0 Å². The van der Waals surface area contributed by atoms with Crippen molar-refractivity contribution >= 4 is 68.3 Å². The van der Waals surface area contributed by atoms with Gasteiger partial charge in [-0.1, -0.05) is 51.5 Å². The molecule has 0 bridgehead atoms. The van der Waals surface area contributed by atoms with Gasteiger partial charge in [-0.3, -0.25) is 19.2 Å². The van der Waals surface area contributed by atoms with Crippen LogP contribution < -0.4 is 26.0 Å². The number of rotatable bonds is 30. The van der Waals surface area contributed by atoms with Gasteiger partial charge in [0.25, 0.3) is 0 Å². The highest BCUT2D eigenvalue weighted by atomic mass is 79.9. The lowest BCUT2D eigenvalue weighted by molar-refractivity contribution is -0.144. The van der Waals surface area contributed by atoms with Crippen LogP contribution in [-0.2, 0) is 39.9 Å². The second-order valence-corrected chi connectivity index (χ2v) is 21.4. The largest absolute Gasteiger partial charge is 0.494 e. The van der Waals surface area contributed by atoms with Crippen LogP contribution in [0.15, 0.2) is 64.7 Å². The number of carbonyl (C=O) groups is 4. The number of benzene rings is 2. The van der Waals surface area contributed by atoms with Gasteiger partial charge in [-0.2, -0.15) is 4.98 Å². The zero-order valence-corrected chi connectivity index (χ0v) is 45.4. The summed E-state index contributed by atoms with van der Waals surface area (Å²) in [5.41, 5.74) is 4.89. The van der Waals surface area contributed by atoms with Gasteiger partial charge in [0.1, 0.15) is 30.3 Å². The molecule has 5 N–H and O–H groups in total. The van der Waals surface area contributed by atoms with Crippen LogP contribution in [0, 0.1) is 18.3 Å². The first-order valence-corrected chi connectivity index (χ1v) is 27.1. The highest BCUT2D eigenvalue weighted by Gasteiger charge is 2.44. The summed E-state index contributed by atoms with van der Waals surface area (Å²) in [6.45, 7) is 12.1. The molecule has 0 spiro atoms. The minimum absolute atomic E-state index is 0.00315. The zero-order valence-electron chi connectivity index (χ0n) is 43.0. The molecule has 1 saturated carbocycles. The van der Waals surface area contributed by atoms with E-state index in [0.717, 1.165) is 82.6 Å². The lowest BCUT2D eigenvalue weighted by Crippen LogP contribution is -2.58. The highest BCUT2D eigenvalue weighted by Crippen LogP contribution is 2.30. The molecule has 2 aromatic carbocycles. The minimum atomic E-state index is -0.940. The number of aliphatic hydroxyl groups is 1. The van der Waals surface area contributed by atoms with Crippen LogP contribution in [0.25, 0.3) is 10.4 Å². The van der Waals surface area contributed by atoms with Crippen LogP contribution in [0.1, 0.15) is 89.8 Å². The van der Waals surface area contributed by atoms with Gasteiger partial charge in [0.05, 0.1) is 33.3 Å². The molecule has 3 heterocycles. The number of aromatic nitrogens is 3. The summed E-state index contributed by atoms with van der Waals surface area (Å²) in [6, 6.07) is 13.7. The topological polar surface area (TPSA) is 219 Å². The van der Waals surface area contributed by atoms with Gasteiger partial charge in [-0.05, 0) is 102 Å². The number of halogens is 1. The van der Waals surface area contributed by atoms with Gasteiger partial charge < -0.3 is 55.1 Å². The standard InChI is InChI=1S/C53H74BrN9O9S/c1-36-46(73-35-58-36)38-16-14-37(15-17-38)31-56-49(66)44-30-41(64)33-63(44)51(68)47(53(2,3)4)60-45(65)34-71-28-10-26-69-24-6-7-25-70-27-11-29-72-42-20-18-40(19-21-42)59-52-57-32-43(54)48(61-52)55-22-9-23-62(5)50(67)39-12-8-13-39/h14-21,32,35,39,41,44,47,64H,6-13,22-31,33-34H2,1-5H3,(H,56,66)(H,60,65)(H2,55,57,59,61)/t41-,44+,47-/m0/s1. The maximum Gasteiger partial charge on any atom is 0.246 e. The second-order valence-electron chi connectivity index (χ2n) is 19.7. The number of carbonyl (C=O) groups excluding carboxylic acids is 4. The van der Waals surface area contributed by atoms with Gasteiger partial charge in [0, 0.05) is 96.9 Å². The molecule has 3 atom stereocenters. The summed E-state index contributed by atoms with van der Waals surface area (Å²) in [4.78, 5) is 70.4. The number of hydrogen-bond donors (Lipinski definition) is 5. The average molecular weight is 1090 g/mol. The molecule has 398 valence electrons. The molecule has 2 fully saturated rings. The predicted molar refractivity (Wildman–Crippen MR) is 286 cm³/mol. The Morgan fingerprint density at radius 3 is 2.25 bits per heavy atom. The van der Waals surface area contributed by atoms with E-state index in [9.17, 15) is 24.3 Å². The second kappa shape index (κ2) is 29.0. The van der Waals surface area contributed by atoms with E-state index >= 15 is 0 Å². The molecular formula is C53H74BrN9O9S. The number of ether oxygens (including phenoxy) is 4. The third-order valence-electron chi connectivity index (χ3n) is 12.7. The first-order valence-electron chi connectivity index (χ1n) is 25.5. The number of anilines is 3. The number of aliphatic hydroxyl groups excluding tert-OH is 1. The number of nitrogens with one attached hydrogen (secondary N) is 4. The Morgan fingerprint density at radius 1 is 0.904 bits per heavy atom. The van der Waals surface area contributed by atoms with E-state index in [-0.39, 0.29) is 43.8 Å². The first kappa shape index (κ1) is 57.0. The average Bonchev–Trinajstić information content (AvgIpc) is 3.97. The van der Waals surface area contributed by atoms with E-state index in [0.29, 0.717) is 70.9 Å². The Kier molecular flexibility index (Phi) is 22.7. The Morgan fingerprint density at radius 2 is 1.59 bits per heavy atom. The number of aryl methyl sites for hydroxylation is 1. The molecule has 2 aliphatic rings. The van der Waals surface area contributed by atoms with Crippen molar-refractivity contribution in [1.82, 2.24) is 35.4 Å². The molecule has 1 aliphatic carbocycles. The monoisotopic (exact) mass is 1090 g/mol. The van der Waals surface area contributed by atoms with Crippen LogP contribution in [0.2, 0.25) is 0 Å². The van der Waals surface area contributed by atoms with Gasteiger partial charge in [0.15, 0.2) is 0 Å². The number of hydrogen-bond acceptors (Lipinski definition) is 15. The van der Waals surface area contributed by atoms with Crippen molar-refractivity contribution < 1.29 is 43.2 Å². The predicted octanol–water partition coefficient (Wildman–Crippen LogP) is 7.27. The molecule has 4 aromatic rings. The molecule has 0 radical (unpaired) electrons. The van der Waals surface area contributed by atoms with E-state index in [2.05, 4.69) is 52.1 Å². The maximum absolute atomic E-state index is 13.9. The summed E-state index contributed by atoms with van der Waals surface area (Å²) >= 11 is 5.10. The number of nitrogens with zero attached hydrogens (tertiary/aromatic N) is 5. The molecule has 18 nitrogen and oxygen atoms in total. The molecule has 1 saturated heterocycles. The van der Waals surface area contributed by atoms with Crippen molar-refractivity contribution in [2.45, 2.75) is 110 Å². The smallest absolute Gasteiger partial charge is 0.246 e. The molecule has 20 heteroatoms. The SMILES string of the molecule is Cc1ncsc1-c1ccc(CNC(=O)[C@H]2C[C@H](O)CN2C(=O)[C@H](NC(=O)COCCCOCCCCOCCCOc2ccc(Nc3ncc(Br)c(NCCCN(C)C(=O)C4CCC4)n3)cc2)C(C)(C)C)cc1. The van der Waals surface area contributed by atoms with Gasteiger partial charge in [-0.25, -0.2) is 9.97 Å². The van der Waals surface area contributed by atoms with E-state index in [1.807, 2.05) is 93.7 Å². The summed E-state index contributed by atoms with van der Waals surface area (Å²) in [5.74, 6) is 1.14. The molecule has 4 amide bonds. The summed E-state index contributed by atoms with van der Waals surface area (Å²) in [7, 11) is 1.88. The molecular weight excluding hydrogens is 1020 g/mol. The van der Waals surface area contributed by atoms with E-state index < -0.39 is 35.4 Å². The fraction of sp³-hybridized carbons (Fsp3) is 0.566. The van der Waals surface area contributed by atoms with Crippen molar-refractivity contribution in [2.24, 2.45) is 11.3 Å². The maximum atomic E-state index is 13.9. The van der Waals surface area contributed by atoms with Gasteiger partial charge in [-0.15, -0.1) is 11.3 Å². The Balaban J connectivity index is 0.763. The van der Waals surface area contributed by atoms with Crippen LogP contribution in [0.5, 0.6) is 5.75 Å². The minimum Gasteiger partial charge on any atom is -0.494 e. The van der Waals surface area contributed by atoms with Crippen molar-refractivity contribution in [2.75, 3.05) is 83.6 Å². The normalized spacial score (nSPS) is 16.1. The lowest BCUT2D eigenvalue weighted by atomic mass is 9.84. The van der Waals surface area contributed by atoms with Crippen LogP contribution in [-0.4, -0.2) is 145 Å². The third kappa shape index (κ3) is 18.3. The fourth-order valence-corrected chi connectivity index (χ4v) is 9.43. The molecule has 1 aliphatic heterocycles. The number of unbranched alkanes of at least 4 members (excludes halogenated alkanes) is 1. The fourth-order valence-electron chi connectivity index (χ4n) is 8.29. The highest BCUT2D eigenvalue weighted by molar-refractivity contribution is 9.10. The number of amides is 4. The summed E-state index contributed by atoms with van der Waals surface area (Å²) in [6.07, 6.45) is 8.02. The number of β-amino-alcohol motifs (C(OH)–C–C–N with tert-alkyl or cyclic N) is 1. The first-order chi connectivity index (χ1) is 35.2. The van der Waals surface area contributed by atoms with Crippen molar-refractivity contribution in [3.8, 4) is 16.2 Å². The summed E-state index contributed by atoms with van der Waals surface area (Å²) in [5, 5.41) is 22.9. The van der Waals surface area contributed by atoms with E-state index in [1.165, 1.54) is 4.90 Å². The van der Waals surface area contributed by atoms with Crippen LogP contribution >= 0.6 is 27.3 Å². The number of thiazole rings is 1. The third-order valence-corrected chi connectivity index (χ3v) is 14.3. The van der Waals surface area contributed by atoms with Crippen molar-refractivity contribution in [1.29, 1.82) is 0 Å². The summed E-state index contributed by atoms with van der Waals surface area (Å²) < 4.78 is 23.8. The number of likely N-dealkylation sites (tertiary alicyclic amines) is 1. The van der Waals surface area contributed by atoms with Crippen LogP contribution in [0.4, 0.5) is 17.5 Å². The Hall–Kier alpha value is -5.25. The Bertz CT molecular complexity index is 2370. The quantitative estimate of drug-likeness (QED) is 0.0325. The molecule has 73 heavy (non-hydrogen) atoms. The van der Waals surface area contributed by atoms with Crippen LogP contribution in [0.3, 0.4) is 0 Å². The van der Waals surface area contributed by atoms with Gasteiger partial charge in [0.2, 0.25) is 29.6 Å². The Labute approximate surface area is 442 Å². The van der Waals surface area contributed by atoms with Gasteiger partial charge >= 0.3 is 0 Å². The molecule has 6 rings (SSSR count).